The fourth-order valence-corrected chi connectivity index (χ4v) is 1.89. The second kappa shape index (κ2) is 8.53. The summed E-state index contributed by atoms with van der Waals surface area (Å²) in [7, 11) is 1.40. The van der Waals surface area contributed by atoms with E-state index >= 15 is 0 Å². The maximum atomic E-state index is 11.0. The Kier molecular flexibility index (Phi) is 6.97. The van der Waals surface area contributed by atoms with Crippen molar-refractivity contribution >= 4 is 5.97 Å². The van der Waals surface area contributed by atoms with E-state index in [1.54, 1.807) is 0 Å². The highest BCUT2D eigenvalue weighted by Gasteiger charge is 2.10. The molecule has 4 heteroatoms. The normalized spacial score (nSPS) is 11.9. The van der Waals surface area contributed by atoms with Crippen molar-refractivity contribution in [3.8, 4) is 5.75 Å². The molecule has 0 fully saturated rings. The third-order valence-electron chi connectivity index (χ3n) is 2.91. The standard InChI is InChI=1S/C15H23NO3/c1-4-16-12(2)13-8-5-6-9-14(13)19-11-7-10-15(17)18-3/h5-6,8-9,12,16H,4,7,10-11H2,1-3H3. The Morgan fingerprint density at radius 2 is 2.11 bits per heavy atom. The fraction of sp³-hybridized carbons (Fsp3) is 0.533. The van der Waals surface area contributed by atoms with Crippen LogP contribution in [-0.4, -0.2) is 26.2 Å². The summed E-state index contributed by atoms with van der Waals surface area (Å²) in [5.74, 6) is 0.679. The van der Waals surface area contributed by atoms with Crippen molar-refractivity contribution < 1.29 is 14.3 Å². The van der Waals surface area contributed by atoms with Gasteiger partial charge in [-0.25, -0.2) is 0 Å². The Morgan fingerprint density at radius 1 is 1.37 bits per heavy atom. The smallest absolute Gasteiger partial charge is 0.305 e. The minimum atomic E-state index is -0.196. The zero-order valence-corrected chi connectivity index (χ0v) is 11.9. The highest BCUT2D eigenvalue weighted by atomic mass is 16.5. The molecule has 106 valence electrons. The largest absolute Gasteiger partial charge is 0.493 e. The van der Waals surface area contributed by atoms with Crippen LogP contribution in [0.25, 0.3) is 0 Å². The van der Waals surface area contributed by atoms with Crippen LogP contribution in [0.3, 0.4) is 0 Å². The van der Waals surface area contributed by atoms with Gasteiger partial charge in [-0.15, -0.1) is 0 Å². The molecule has 0 saturated carbocycles. The van der Waals surface area contributed by atoms with Gasteiger partial charge in [0.2, 0.25) is 0 Å². The molecule has 0 aliphatic carbocycles. The van der Waals surface area contributed by atoms with Crippen LogP contribution in [0.2, 0.25) is 0 Å². The summed E-state index contributed by atoms with van der Waals surface area (Å²) in [4.78, 5) is 11.0. The summed E-state index contributed by atoms with van der Waals surface area (Å²) in [6.07, 6.45) is 1.05. The molecule has 4 nitrogen and oxygen atoms in total. The lowest BCUT2D eigenvalue weighted by molar-refractivity contribution is -0.140. The molecule has 0 spiro atoms. The monoisotopic (exact) mass is 265 g/mol. The molecular formula is C15H23NO3. The molecule has 1 rings (SSSR count). The van der Waals surface area contributed by atoms with Crippen LogP contribution in [0.15, 0.2) is 24.3 Å². The van der Waals surface area contributed by atoms with Gasteiger partial charge in [-0.2, -0.15) is 0 Å². The van der Waals surface area contributed by atoms with Gasteiger partial charge in [-0.3, -0.25) is 4.79 Å². The molecule has 0 aromatic heterocycles. The van der Waals surface area contributed by atoms with Gasteiger partial charge in [0, 0.05) is 18.0 Å². The first-order valence-electron chi connectivity index (χ1n) is 6.71. The number of ether oxygens (including phenoxy) is 2. The molecule has 1 aromatic carbocycles. The van der Waals surface area contributed by atoms with Gasteiger partial charge >= 0.3 is 5.97 Å². The van der Waals surface area contributed by atoms with Gasteiger partial charge in [-0.05, 0) is 26.0 Å². The van der Waals surface area contributed by atoms with Crippen LogP contribution in [0.1, 0.15) is 38.3 Å². The van der Waals surface area contributed by atoms with Crippen molar-refractivity contribution in [3.63, 3.8) is 0 Å². The van der Waals surface area contributed by atoms with E-state index in [-0.39, 0.29) is 12.0 Å². The van der Waals surface area contributed by atoms with E-state index < -0.39 is 0 Å². The quantitative estimate of drug-likeness (QED) is 0.580. The molecule has 0 saturated heterocycles. The lowest BCUT2D eigenvalue weighted by atomic mass is 10.1. The van der Waals surface area contributed by atoms with Crippen molar-refractivity contribution in [1.82, 2.24) is 5.32 Å². The van der Waals surface area contributed by atoms with Crippen LogP contribution < -0.4 is 10.1 Å². The van der Waals surface area contributed by atoms with Crippen LogP contribution >= 0.6 is 0 Å². The van der Waals surface area contributed by atoms with Crippen LogP contribution in [0.4, 0.5) is 0 Å². The summed E-state index contributed by atoms with van der Waals surface area (Å²) in [6, 6.07) is 8.23. The lowest BCUT2D eigenvalue weighted by Gasteiger charge is -2.17. The van der Waals surface area contributed by atoms with Crippen molar-refractivity contribution in [2.24, 2.45) is 0 Å². The minimum Gasteiger partial charge on any atom is -0.493 e. The second-order valence-electron chi connectivity index (χ2n) is 4.35. The molecular weight excluding hydrogens is 242 g/mol. The molecule has 1 aromatic rings. The molecule has 1 unspecified atom stereocenters. The molecule has 1 N–H and O–H groups in total. The Hall–Kier alpha value is -1.55. The zero-order chi connectivity index (χ0) is 14.1. The van der Waals surface area contributed by atoms with Crippen LogP contribution in [0.5, 0.6) is 5.75 Å². The molecule has 0 amide bonds. The van der Waals surface area contributed by atoms with Crippen molar-refractivity contribution in [3.05, 3.63) is 29.8 Å². The first-order chi connectivity index (χ1) is 9.19. The van der Waals surface area contributed by atoms with Gasteiger partial charge in [0.15, 0.2) is 0 Å². The average molecular weight is 265 g/mol. The van der Waals surface area contributed by atoms with Crippen molar-refractivity contribution in [2.75, 3.05) is 20.3 Å². The number of rotatable bonds is 8. The molecule has 0 radical (unpaired) electrons. The molecule has 0 heterocycles. The third kappa shape index (κ3) is 5.30. The Labute approximate surface area is 115 Å². The topological polar surface area (TPSA) is 47.6 Å². The molecule has 0 bridgehead atoms. The van der Waals surface area contributed by atoms with Crippen LogP contribution in [-0.2, 0) is 9.53 Å². The van der Waals surface area contributed by atoms with E-state index in [4.69, 9.17) is 4.74 Å². The Morgan fingerprint density at radius 3 is 2.79 bits per heavy atom. The van der Waals surface area contributed by atoms with E-state index in [1.807, 2.05) is 18.2 Å². The number of esters is 1. The number of hydrogen-bond donors (Lipinski definition) is 1. The van der Waals surface area contributed by atoms with E-state index in [1.165, 1.54) is 7.11 Å². The number of hydrogen-bond acceptors (Lipinski definition) is 4. The second-order valence-corrected chi connectivity index (χ2v) is 4.35. The maximum Gasteiger partial charge on any atom is 0.305 e. The van der Waals surface area contributed by atoms with E-state index in [9.17, 15) is 4.79 Å². The Balaban J connectivity index is 2.51. The number of benzene rings is 1. The first-order valence-corrected chi connectivity index (χ1v) is 6.71. The van der Waals surface area contributed by atoms with E-state index in [0.29, 0.717) is 19.4 Å². The van der Waals surface area contributed by atoms with Crippen molar-refractivity contribution in [1.29, 1.82) is 0 Å². The predicted molar refractivity (Wildman–Crippen MR) is 75.3 cm³/mol. The summed E-state index contributed by atoms with van der Waals surface area (Å²) >= 11 is 0. The molecule has 1 atom stereocenters. The number of methoxy groups -OCH3 is 1. The highest BCUT2D eigenvalue weighted by molar-refractivity contribution is 5.69. The summed E-state index contributed by atoms with van der Waals surface area (Å²) < 4.78 is 10.3. The molecule has 0 aliphatic heterocycles. The average Bonchev–Trinajstić information content (AvgIpc) is 2.44. The maximum absolute atomic E-state index is 11.0. The molecule has 0 aliphatic rings. The van der Waals surface area contributed by atoms with Gasteiger partial charge in [0.05, 0.1) is 13.7 Å². The van der Waals surface area contributed by atoms with Gasteiger partial charge < -0.3 is 14.8 Å². The highest BCUT2D eigenvalue weighted by Crippen LogP contribution is 2.24. The van der Waals surface area contributed by atoms with Crippen molar-refractivity contribution in [2.45, 2.75) is 32.7 Å². The van der Waals surface area contributed by atoms with Crippen LogP contribution in [0, 0.1) is 0 Å². The summed E-state index contributed by atoms with van der Waals surface area (Å²) in [6.45, 7) is 5.62. The summed E-state index contributed by atoms with van der Waals surface area (Å²) in [5, 5.41) is 3.37. The summed E-state index contributed by atoms with van der Waals surface area (Å²) in [5.41, 5.74) is 1.14. The molecule has 19 heavy (non-hydrogen) atoms. The number of carbonyl (C=O) groups is 1. The SMILES string of the molecule is CCNC(C)c1ccccc1OCCCC(=O)OC. The van der Waals surface area contributed by atoms with E-state index in [0.717, 1.165) is 17.9 Å². The number of para-hydroxylation sites is 1. The number of carbonyl (C=O) groups excluding carboxylic acids is 1. The fourth-order valence-electron chi connectivity index (χ4n) is 1.89. The lowest BCUT2D eigenvalue weighted by Crippen LogP contribution is -2.18. The van der Waals surface area contributed by atoms with E-state index in [2.05, 4.69) is 30.0 Å². The minimum absolute atomic E-state index is 0.196. The Bertz CT molecular complexity index is 393. The van der Waals surface area contributed by atoms with Gasteiger partial charge in [0.1, 0.15) is 5.75 Å². The predicted octanol–water partition coefficient (Wildman–Crippen LogP) is 2.69. The zero-order valence-electron chi connectivity index (χ0n) is 11.9. The first kappa shape index (κ1) is 15.5. The van der Waals surface area contributed by atoms with Gasteiger partial charge in [0.25, 0.3) is 0 Å². The number of nitrogens with one attached hydrogen (secondary N) is 1. The third-order valence-corrected chi connectivity index (χ3v) is 2.91. The van der Waals surface area contributed by atoms with Gasteiger partial charge in [-0.1, -0.05) is 25.1 Å².